The van der Waals surface area contributed by atoms with E-state index in [4.69, 9.17) is 0 Å². The third-order valence-corrected chi connectivity index (χ3v) is 5.02. The number of carbonyl (C=O) groups is 1. The van der Waals surface area contributed by atoms with E-state index < -0.39 is 0 Å². The van der Waals surface area contributed by atoms with Crippen LogP contribution in [0.25, 0.3) is 0 Å². The summed E-state index contributed by atoms with van der Waals surface area (Å²) in [4.78, 5) is 10.5. The lowest BCUT2D eigenvalue weighted by atomic mass is 9.86. The van der Waals surface area contributed by atoms with Gasteiger partial charge in [-0.05, 0) is 34.6 Å². The Kier molecular flexibility index (Phi) is 6.81. The molecule has 0 aliphatic heterocycles. The summed E-state index contributed by atoms with van der Waals surface area (Å²) in [6, 6.07) is 9.03. The lowest BCUT2D eigenvalue weighted by Crippen LogP contribution is -2.11. The van der Waals surface area contributed by atoms with E-state index in [2.05, 4.69) is 58.9 Å². The van der Waals surface area contributed by atoms with Gasteiger partial charge in [-0.25, -0.2) is 0 Å². The van der Waals surface area contributed by atoms with Crippen LogP contribution in [0.1, 0.15) is 52.2 Å². The van der Waals surface area contributed by atoms with Gasteiger partial charge in [0.25, 0.3) is 0 Å². The summed E-state index contributed by atoms with van der Waals surface area (Å²) < 4.78 is 0. The van der Waals surface area contributed by atoms with Gasteiger partial charge in [0.05, 0.1) is 0 Å². The average Bonchev–Trinajstić information content (AvgIpc) is 2.36. The zero-order valence-electron chi connectivity index (χ0n) is 13.5. The van der Waals surface area contributed by atoms with Crippen LogP contribution in [0.2, 0.25) is 0 Å². The predicted molar refractivity (Wildman–Crippen MR) is 90.6 cm³/mol. The first kappa shape index (κ1) is 17.3. The highest BCUT2D eigenvalue weighted by molar-refractivity contribution is 7.99. The number of carbonyl (C=O) groups excluding carboxylic acids is 1. The lowest BCUT2D eigenvalue weighted by Gasteiger charge is -2.20. The molecule has 0 radical (unpaired) electrons. The van der Waals surface area contributed by atoms with Crippen molar-refractivity contribution >= 4 is 18.0 Å². The maximum absolute atomic E-state index is 10.5. The summed E-state index contributed by atoms with van der Waals surface area (Å²) in [5, 5.41) is 0.443. The van der Waals surface area contributed by atoms with E-state index in [1.165, 1.54) is 11.1 Å². The molecule has 112 valence electrons. The molecule has 0 aliphatic carbocycles. The fraction of sp³-hybridized carbons (Fsp3) is 0.611. The SMILES string of the molecule is CC(CSC(C)CC=O)Cc1ccc(C(C)(C)C)cc1. The van der Waals surface area contributed by atoms with Crippen LogP contribution in [-0.2, 0) is 16.6 Å². The van der Waals surface area contributed by atoms with Crippen LogP contribution in [0.5, 0.6) is 0 Å². The van der Waals surface area contributed by atoms with Gasteiger partial charge in [0.1, 0.15) is 6.29 Å². The van der Waals surface area contributed by atoms with Gasteiger partial charge in [0.2, 0.25) is 0 Å². The second-order valence-electron chi connectivity index (χ2n) is 6.80. The minimum atomic E-state index is 0.226. The average molecular weight is 292 g/mol. The number of hydrogen-bond donors (Lipinski definition) is 0. The van der Waals surface area contributed by atoms with Crippen LogP contribution in [0, 0.1) is 5.92 Å². The first-order valence-electron chi connectivity index (χ1n) is 7.47. The molecule has 1 aromatic rings. The third kappa shape index (κ3) is 6.13. The molecular weight excluding hydrogens is 264 g/mol. The molecule has 0 spiro atoms. The Hall–Kier alpha value is -0.760. The van der Waals surface area contributed by atoms with Crippen LogP contribution in [-0.4, -0.2) is 17.3 Å². The van der Waals surface area contributed by atoms with Crippen LogP contribution in [0.4, 0.5) is 0 Å². The third-order valence-electron chi connectivity index (χ3n) is 3.50. The number of aldehydes is 1. The Morgan fingerprint density at radius 1 is 1.15 bits per heavy atom. The second-order valence-corrected chi connectivity index (χ2v) is 8.27. The van der Waals surface area contributed by atoms with Crippen LogP contribution in [0.15, 0.2) is 24.3 Å². The van der Waals surface area contributed by atoms with E-state index in [9.17, 15) is 4.79 Å². The standard InChI is InChI=1S/C18H28OS/c1-14(13-20-15(2)10-11-19)12-16-6-8-17(9-7-16)18(3,4)5/h6-9,11,14-15H,10,12-13H2,1-5H3. The van der Waals surface area contributed by atoms with Gasteiger partial charge < -0.3 is 4.79 Å². The van der Waals surface area contributed by atoms with Crippen molar-refractivity contribution in [1.29, 1.82) is 0 Å². The van der Waals surface area contributed by atoms with Crippen molar-refractivity contribution in [2.45, 2.75) is 58.1 Å². The zero-order valence-corrected chi connectivity index (χ0v) is 14.3. The Morgan fingerprint density at radius 2 is 1.75 bits per heavy atom. The molecule has 0 bridgehead atoms. The molecule has 2 unspecified atom stereocenters. The maximum atomic E-state index is 10.5. The monoisotopic (exact) mass is 292 g/mol. The summed E-state index contributed by atoms with van der Waals surface area (Å²) in [5.41, 5.74) is 3.03. The molecule has 1 aromatic carbocycles. The number of hydrogen-bond acceptors (Lipinski definition) is 2. The van der Waals surface area contributed by atoms with Crippen LogP contribution in [0.3, 0.4) is 0 Å². The molecule has 20 heavy (non-hydrogen) atoms. The quantitative estimate of drug-likeness (QED) is 0.667. The highest BCUT2D eigenvalue weighted by atomic mass is 32.2. The summed E-state index contributed by atoms with van der Waals surface area (Å²) in [7, 11) is 0. The smallest absolute Gasteiger partial charge is 0.121 e. The Labute approximate surface area is 128 Å². The Morgan fingerprint density at radius 3 is 2.25 bits per heavy atom. The molecule has 0 aliphatic rings. The largest absolute Gasteiger partial charge is 0.303 e. The molecular formula is C18H28OS. The van der Waals surface area contributed by atoms with Gasteiger partial charge in [-0.15, -0.1) is 0 Å². The van der Waals surface area contributed by atoms with E-state index in [1.807, 2.05) is 11.8 Å². The topological polar surface area (TPSA) is 17.1 Å². The zero-order chi connectivity index (χ0) is 15.2. The molecule has 0 amide bonds. The molecule has 0 aromatic heterocycles. The Balaban J connectivity index is 2.46. The van der Waals surface area contributed by atoms with Gasteiger partial charge in [-0.2, -0.15) is 11.8 Å². The molecule has 1 rings (SSSR count). The van der Waals surface area contributed by atoms with Gasteiger partial charge >= 0.3 is 0 Å². The molecule has 0 saturated carbocycles. The van der Waals surface area contributed by atoms with Crippen molar-refractivity contribution in [3.63, 3.8) is 0 Å². The second kappa shape index (κ2) is 7.87. The van der Waals surface area contributed by atoms with E-state index in [0.29, 0.717) is 17.6 Å². The minimum Gasteiger partial charge on any atom is -0.303 e. The van der Waals surface area contributed by atoms with Gasteiger partial charge in [0, 0.05) is 11.7 Å². The summed E-state index contributed by atoms with van der Waals surface area (Å²) in [6.07, 6.45) is 2.80. The van der Waals surface area contributed by atoms with Crippen LogP contribution < -0.4 is 0 Å². The van der Waals surface area contributed by atoms with Crippen molar-refractivity contribution in [2.75, 3.05) is 5.75 Å². The number of benzene rings is 1. The van der Waals surface area contributed by atoms with Crippen molar-refractivity contribution in [3.8, 4) is 0 Å². The van der Waals surface area contributed by atoms with Crippen molar-refractivity contribution < 1.29 is 4.79 Å². The summed E-state index contributed by atoms with van der Waals surface area (Å²) >= 11 is 1.90. The van der Waals surface area contributed by atoms with E-state index in [0.717, 1.165) is 18.5 Å². The maximum Gasteiger partial charge on any atom is 0.121 e. The first-order chi connectivity index (χ1) is 9.32. The molecule has 0 heterocycles. The summed E-state index contributed by atoms with van der Waals surface area (Å²) in [6.45, 7) is 11.2. The number of thioether (sulfide) groups is 1. The molecule has 2 heteroatoms. The molecule has 0 N–H and O–H groups in total. The fourth-order valence-electron chi connectivity index (χ4n) is 2.13. The predicted octanol–water partition coefficient (Wildman–Crippen LogP) is 4.87. The summed E-state index contributed by atoms with van der Waals surface area (Å²) in [5.74, 6) is 1.77. The Bertz CT molecular complexity index is 402. The van der Waals surface area contributed by atoms with Gasteiger partial charge in [-0.3, -0.25) is 0 Å². The first-order valence-corrected chi connectivity index (χ1v) is 8.52. The van der Waals surface area contributed by atoms with Gasteiger partial charge in [-0.1, -0.05) is 58.9 Å². The fourth-order valence-corrected chi connectivity index (χ4v) is 3.12. The van der Waals surface area contributed by atoms with Crippen molar-refractivity contribution in [3.05, 3.63) is 35.4 Å². The molecule has 2 atom stereocenters. The van der Waals surface area contributed by atoms with E-state index in [1.54, 1.807) is 0 Å². The minimum absolute atomic E-state index is 0.226. The normalized spacial score (nSPS) is 14.8. The molecule has 0 saturated heterocycles. The van der Waals surface area contributed by atoms with Gasteiger partial charge in [0.15, 0.2) is 0 Å². The van der Waals surface area contributed by atoms with Crippen LogP contribution >= 0.6 is 11.8 Å². The highest BCUT2D eigenvalue weighted by Gasteiger charge is 2.13. The highest BCUT2D eigenvalue weighted by Crippen LogP contribution is 2.24. The lowest BCUT2D eigenvalue weighted by molar-refractivity contribution is -0.107. The van der Waals surface area contributed by atoms with Crippen molar-refractivity contribution in [1.82, 2.24) is 0 Å². The number of rotatable bonds is 7. The van der Waals surface area contributed by atoms with Crippen molar-refractivity contribution in [2.24, 2.45) is 5.92 Å². The van der Waals surface area contributed by atoms with E-state index in [-0.39, 0.29) is 5.41 Å². The molecule has 1 nitrogen and oxygen atoms in total. The van der Waals surface area contributed by atoms with E-state index >= 15 is 0 Å². The molecule has 0 fully saturated rings.